The molecule has 0 saturated carbocycles. The van der Waals surface area contributed by atoms with Crippen molar-refractivity contribution in [2.75, 3.05) is 7.11 Å². The number of carboxylic acids is 2. The fourth-order valence-electron chi connectivity index (χ4n) is 3.72. The first kappa shape index (κ1) is 24.8. The average Bonchev–Trinajstić information content (AvgIpc) is 2.81. The normalized spacial score (nSPS) is 11.4. The Bertz CT molecular complexity index is 1170. The number of aliphatic carboxylic acids is 2. The summed E-state index contributed by atoms with van der Waals surface area (Å²) in [5, 5.41) is 19.9. The number of rotatable bonds is 11. The van der Waals surface area contributed by atoms with E-state index in [1.165, 1.54) is 0 Å². The third kappa shape index (κ3) is 5.22. The van der Waals surface area contributed by atoms with E-state index in [1.54, 1.807) is 44.5 Å². The van der Waals surface area contributed by atoms with E-state index in [0.29, 0.717) is 22.8 Å². The number of methoxy groups -OCH3 is 1. The van der Waals surface area contributed by atoms with Gasteiger partial charge < -0.3 is 24.4 Å². The number of ether oxygens (including phenoxy) is 3. The van der Waals surface area contributed by atoms with Crippen LogP contribution >= 0.6 is 0 Å². The summed E-state index contributed by atoms with van der Waals surface area (Å²) >= 11 is 0. The van der Waals surface area contributed by atoms with E-state index >= 15 is 0 Å². The summed E-state index contributed by atoms with van der Waals surface area (Å²) in [6.45, 7) is 5.58. The number of hydrogen-bond acceptors (Lipinski definition) is 6. The molecular formula is C26H29NO7. The molecule has 0 unspecified atom stereocenters. The van der Waals surface area contributed by atoms with E-state index < -0.39 is 17.4 Å². The Kier molecular flexibility index (Phi) is 7.61. The zero-order chi connectivity index (χ0) is 24.9. The van der Waals surface area contributed by atoms with Gasteiger partial charge in [0.1, 0.15) is 23.9 Å². The number of aromatic nitrogens is 1. The zero-order valence-corrected chi connectivity index (χ0v) is 19.7. The van der Waals surface area contributed by atoms with Crippen molar-refractivity contribution in [3.05, 3.63) is 59.8 Å². The first-order chi connectivity index (χ1) is 16.2. The summed E-state index contributed by atoms with van der Waals surface area (Å²) in [4.78, 5) is 28.0. The Morgan fingerprint density at radius 3 is 2.41 bits per heavy atom. The minimum Gasteiger partial charge on any atom is -0.497 e. The van der Waals surface area contributed by atoms with Crippen LogP contribution in [0.3, 0.4) is 0 Å². The van der Waals surface area contributed by atoms with Gasteiger partial charge in [0.25, 0.3) is 0 Å². The Labute approximate surface area is 198 Å². The first-order valence-electron chi connectivity index (χ1n) is 11.0. The Morgan fingerprint density at radius 1 is 1.06 bits per heavy atom. The third-order valence-electron chi connectivity index (χ3n) is 5.67. The van der Waals surface area contributed by atoms with Gasteiger partial charge in [-0.1, -0.05) is 19.1 Å². The van der Waals surface area contributed by atoms with E-state index in [1.807, 2.05) is 32.0 Å². The molecule has 2 aromatic carbocycles. The molecule has 0 fully saturated rings. The van der Waals surface area contributed by atoms with Crippen LogP contribution in [0.5, 0.6) is 17.2 Å². The van der Waals surface area contributed by atoms with Crippen molar-refractivity contribution in [1.29, 1.82) is 0 Å². The molecule has 2 N–H and O–H groups in total. The fourth-order valence-corrected chi connectivity index (χ4v) is 3.72. The molecular weight excluding hydrogens is 438 g/mol. The summed E-state index contributed by atoms with van der Waals surface area (Å²) < 4.78 is 17.4. The predicted octanol–water partition coefficient (Wildman–Crippen LogP) is 4.72. The van der Waals surface area contributed by atoms with Crippen LogP contribution in [0, 0.1) is 5.41 Å². The quantitative estimate of drug-likeness (QED) is 0.389. The van der Waals surface area contributed by atoms with Crippen LogP contribution in [0.25, 0.3) is 10.9 Å². The van der Waals surface area contributed by atoms with Crippen molar-refractivity contribution in [1.82, 2.24) is 4.98 Å². The molecule has 0 aliphatic carbocycles. The molecule has 1 heterocycles. The topological polar surface area (TPSA) is 115 Å². The van der Waals surface area contributed by atoms with Gasteiger partial charge in [0.2, 0.25) is 0 Å². The number of pyridine rings is 1. The Balaban J connectivity index is 1.89. The minimum absolute atomic E-state index is 0.0368. The van der Waals surface area contributed by atoms with Gasteiger partial charge in [-0.05, 0) is 62.6 Å². The van der Waals surface area contributed by atoms with E-state index in [0.717, 1.165) is 16.5 Å². The van der Waals surface area contributed by atoms with Crippen molar-refractivity contribution in [3.8, 4) is 17.2 Å². The summed E-state index contributed by atoms with van der Waals surface area (Å²) in [6.07, 6.45) is 1.44. The van der Waals surface area contributed by atoms with Crippen molar-refractivity contribution in [2.45, 2.75) is 46.3 Å². The SMILES string of the molecule is CCC(Cc1cccc(OCc2cnc3ccc(OC)cc3c2OC(C)C)c1)(C(=O)O)C(=O)O. The van der Waals surface area contributed by atoms with Crippen LogP contribution in [-0.4, -0.2) is 40.3 Å². The highest BCUT2D eigenvalue weighted by Crippen LogP contribution is 2.33. The van der Waals surface area contributed by atoms with E-state index in [4.69, 9.17) is 14.2 Å². The van der Waals surface area contributed by atoms with Crippen LogP contribution in [-0.2, 0) is 22.6 Å². The highest BCUT2D eigenvalue weighted by Gasteiger charge is 2.45. The number of hydrogen-bond donors (Lipinski definition) is 2. The predicted molar refractivity (Wildman–Crippen MR) is 127 cm³/mol. The molecule has 0 amide bonds. The number of benzene rings is 2. The van der Waals surface area contributed by atoms with E-state index in [-0.39, 0.29) is 25.6 Å². The molecule has 8 heteroatoms. The van der Waals surface area contributed by atoms with Gasteiger partial charge in [-0.2, -0.15) is 0 Å². The second-order valence-electron chi connectivity index (χ2n) is 8.32. The summed E-state index contributed by atoms with van der Waals surface area (Å²) in [5.74, 6) is -0.898. The zero-order valence-electron chi connectivity index (χ0n) is 19.7. The van der Waals surface area contributed by atoms with Gasteiger partial charge in [-0.15, -0.1) is 0 Å². The van der Waals surface area contributed by atoms with Crippen LogP contribution in [0.15, 0.2) is 48.7 Å². The van der Waals surface area contributed by atoms with Gasteiger partial charge in [0.15, 0.2) is 5.41 Å². The molecule has 0 aliphatic rings. The first-order valence-corrected chi connectivity index (χ1v) is 11.0. The molecule has 0 bridgehead atoms. The van der Waals surface area contributed by atoms with Gasteiger partial charge in [0.05, 0.1) is 24.3 Å². The maximum atomic E-state index is 11.7. The highest BCUT2D eigenvalue weighted by atomic mass is 16.5. The second-order valence-corrected chi connectivity index (χ2v) is 8.32. The maximum absolute atomic E-state index is 11.7. The summed E-state index contributed by atoms with van der Waals surface area (Å²) in [5.41, 5.74) is 0.168. The molecule has 0 aliphatic heterocycles. The minimum atomic E-state index is -1.89. The fraction of sp³-hybridized carbons (Fsp3) is 0.346. The molecule has 0 atom stereocenters. The lowest BCUT2D eigenvalue weighted by atomic mass is 9.79. The molecule has 8 nitrogen and oxygen atoms in total. The number of fused-ring (bicyclic) bond motifs is 1. The lowest BCUT2D eigenvalue weighted by Crippen LogP contribution is -2.40. The van der Waals surface area contributed by atoms with E-state index in [9.17, 15) is 19.8 Å². The molecule has 3 rings (SSSR count). The summed E-state index contributed by atoms with van der Waals surface area (Å²) in [7, 11) is 1.60. The molecule has 0 saturated heterocycles. The van der Waals surface area contributed by atoms with Crippen LogP contribution in [0.1, 0.15) is 38.3 Å². The van der Waals surface area contributed by atoms with Crippen molar-refractivity contribution >= 4 is 22.8 Å². The molecule has 0 radical (unpaired) electrons. The van der Waals surface area contributed by atoms with Gasteiger partial charge in [-0.3, -0.25) is 14.6 Å². The molecule has 0 spiro atoms. The van der Waals surface area contributed by atoms with Crippen molar-refractivity contribution < 1.29 is 34.0 Å². The largest absolute Gasteiger partial charge is 0.497 e. The Hall–Kier alpha value is -3.81. The second kappa shape index (κ2) is 10.4. The third-order valence-corrected chi connectivity index (χ3v) is 5.67. The van der Waals surface area contributed by atoms with Crippen molar-refractivity contribution in [3.63, 3.8) is 0 Å². The Morgan fingerprint density at radius 2 is 1.79 bits per heavy atom. The standard InChI is InChI=1S/C26H29NO7/c1-5-26(24(28)29,25(30)31)13-17-7-6-8-20(11-17)33-15-18-14-27-22-10-9-19(32-4)12-21(22)23(18)34-16(2)3/h6-12,14,16H,5,13,15H2,1-4H3,(H,28,29)(H,30,31). The highest BCUT2D eigenvalue weighted by molar-refractivity contribution is 5.98. The van der Waals surface area contributed by atoms with Gasteiger partial charge in [-0.25, -0.2) is 0 Å². The molecule has 34 heavy (non-hydrogen) atoms. The van der Waals surface area contributed by atoms with Crippen LogP contribution in [0.2, 0.25) is 0 Å². The average molecular weight is 468 g/mol. The molecule has 180 valence electrons. The summed E-state index contributed by atoms with van der Waals surface area (Å²) in [6, 6.07) is 12.4. The number of carbonyl (C=O) groups is 2. The lowest BCUT2D eigenvalue weighted by Gasteiger charge is -2.23. The lowest BCUT2D eigenvalue weighted by molar-refractivity contribution is -0.164. The van der Waals surface area contributed by atoms with Crippen LogP contribution < -0.4 is 14.2 Å². The monoisotopic (exact) mass is 467 g/mol. The van der Waals surface area contributed by atoms with E-state index in [2.05, 4.69) is 4.98 Å². The van der Waals surface area contributed by atoms with Crippen LogP contribution in [0.4, 0.5) is 0 Å². The molecule has 3 aromatic rings. The van der Waals surface area contributed by atoms with Gasteiger partial charge >= 0.3 is 11.9 Å². The number of carboxylic acid groups (broad SMARTS) is 2. The number of nitrogens with zero attached hydrogens (tertiary/aromatic N) is 1. The maximum Gasteiger partial charge on any atom is 0.321 e. The van der Waals surface area contributed by atoms with Gasteiger partial charge in [0, 0.05) is 11.6 Å². The molecule has 1 aromatic heterocycles. The van der Waals surface area contributed by atoms with Crippen molar-refractivity contribution in [2.24, 2.45) is 5.41 Å². The smallest absolute Gasteiger partial charge is 0.321 e.